The van der Waals surface area contributed by atoms with Crippen LogP contribution >= 0.6 is 15.9 Å². The van der Waals surface area contributed by atoms with Crippen molar-refractivity contribution in [3.63, 3.8) is 0 Å². The molecule has 1 aromatic carbocycles. The van der Waals surface area contributed by atoms with Crippen LogP contribution in [0.4, 0.5) is 5.69 Å². The van der Waals surface area contributed by atoms with Gasteiger partial charge in [0.2, 0.25) is 0 Å². The first-order valence-electron chi connectivity index (χ1n) is 5.36. The number of rotatable bonds is 7. The number of carboxylic acids is 2. The summed E-state index contributed by atoms with van der Waals surface area (Å²) in [4.78, 5) is 31.5. The normalized spacial score (nSPS) is 11.7. The highest BCUT2D eigenvalue weighted by atomic mass is 79.9. The Morgan fingerprint density at radius 3 is 2.55 bits per heavy atom. The number of hydrogen-bond acceptors (Lipinski definition) is 5. The summed E-state index contributed by atoms with van der Waals surface area (Å²) in [7, 11) is 0. The Balaban J connectivity index is 2.96. The summed E-state index contributed by atoms with van der Waals surface area (Å²) >= 11 is 3.06. The molecule has 0 fully saturated rings. The maximum atomic E-state index is 11.0. The van der Waals surface area contributed by atoms with Crippen LogP contribution < -0.4 is 4.74 Å². The molecular weight excluding hydrogens is 338 g/mol. The minimum absolute atomic E-state index is 0.226. The third-order valence-corrected chi connectivity index (χ3v) is 2.78. The van der Waals surface area contributed by atoms with E-state index in [1.165, 1.54) is 18.2 Å². The van der Waals surface area contributed by atoms with Crippen molar-refractivity contribution in [3.8, 4) is 5.75 Å². The third kappa shape index (κ3) is 4.50. The average molecular weight is 348 g/mol. The zero-order valence-electron chi connectivity index (χ0n) is 9.98. The second kappa shape index (κ2) is 6.85. The molecule has 1 rings (SSSR count). The molecule has 0 radical (unpaired) electrons. The topological polar surface area (TPSA) is 127 Å². The maximum Gasteiger partial charge on any atom is 0.344 e. The Kier molecular flexibility index (Phi) is 5.44. The summed E-state index contributed by atoms with van der Waals surface area (Å²) in [6, 6.07) is 3.88. The standard InChI is InChI=1S/C11H10BrNO7/c12-6-1-2-8(7(5-6)13(18)19)20-9(11(16)17)3-4-10(14)15/h1-2,5,9H,3-4H2,(H,14,15)(H,16,17). The number of carbonyl (C=O) groups is 2. The molecule has 1 atom stereocenters. The molecule has 8 nitrogen and oxygen atoms in total. The van der Waals surface area contributed by atoms with E-state index in [0.29, 0.717) is 4.47 Å². The highest BCUT2D eigenvalue weighted by Crippen LogP contribution is 2.31. The molecule has 0 heterocycles. The van der Waals surface area contributed by atoms with Crippen molar-refractivity contribution < 1.29 is 29.5 Å². The molecule has 2 N–H and O–H groups in total. The number of nitrogens with zero attached hydrogens (tertiary/aromatic N) is 1. The molecule has 20 heavy (non-hydrogen) atoms. The van der Waals surface area contributed by atoms with Gasteiger partial charge in [-0.3, -0.25) is 14.9 Å². The fraction of sp³-hybridized carbons (Fsp3) is 0.273. The molecule has 1 aromatic rings. The Morgan fingerprint density at radius 1 is 1.40 bits per heavy atom. The number of carboxylic acid groups (broad SMARTS) is 2. The van der Waals surface area contributed by atoms with Crippen molar-refractivity contribution in [2.45, 2.75) is 18.9 Å². The fourth-order valence-electron chi connectivity index (χ4n) is 1.37. The Labute approximate surface area is 121 Å². The summed E-state index contributed by atoms with van der Waals surface area (Å²) in [5.41, 5.74) is -0.402. The van der Waals surface area contributed by atoms with Crippen LogP contribution in [0, 0.1) is 10.1 Å². The van der Waals surface area contributed by atoms with Gasteiger partial charge >= 0.3 is 17.6 Å². The van der Waals surface area contributed by atoms with Gasteiger partial charge in [-0.25, -0.2) is 4.79 Å². The van der Waals surface area contributed by atoms with Gasteiger partial charge in [-0.1, -0.05) is 15.9 Å². The zero-order valence-corrected chi connectivity index (χ0v) is 11.6. The van der Waals surface area contributed by atoms with Gasteiger partial charge in [0.15, 0.2) is 11.9 Å². The molecule has 0 saturated heterocycles. The second-order valence-electron chi connectivity index (χ2n) is 3.75. The van der Waals surface area contributed by atoms with Crippen LogP contribution in [0.25, 0.3) is 0 Å². The smallest absolute Gasteiger partial charge is 0.344 e. The molecule has 108 valence electrons. The van der Waals surface area contributed by atoms with Gasteiger partial charge in [-0.05, 0) is 12.1 Å². The minimum Gasteiger partial charge on any atom is -0.481 e. The highest BCUT2D eigenvalue weighted by Gasteiger charge is 2.25. The van der Waals surface area contributed by atoms with Gasteiger partial charge in [-0.15, -0.1) is 0 Å². The number of aliphatic carboxylic acids is 2. The largest absolute Gasteiger partial charge is 0.481 e. The van der Waals surface area contributed by atoms with Gasteiger partial charge in [0.1, 0.15) is 0 Å². The molecule has 0 aromatic heterocycles. The van der Waals surface area contributed by atoms with Gasteiger partial charge < -0.3 is 14.9 Å². The number of nitro groups is 1. The molecule has 0 bridgehead atoms. The molecule has 1 unspecified atom stereocenters. The van der Waals surface area contributed by atoms with Crippen molar-refractivity contribution in [3.05, 3.63) is 32.8 Å². The summed E-state index contributed by atoms with van der Waals surface area (Å²) in [5.74, 6) is -2.79. The molecule has 0 aliphatic rings. The van der Waals surface area contributed by atoms with Crippen LogP contribution in [0.5, 0.6) is 5.75 Å². The predicted octanol–water partition coefficient (Wildman–Crippen LogP) is 2.05. The Morgan fingerprint density at radius 2 is 2.05 bits per heavy atom. The van der Waals surface area contributed by atoms with Gasteiger partial charge in [0.05, 0.1) is 4.92 Å². The second-order valence-corrected chi connectivity index (χ2v) is 4.66. The van der Waals surface area contributed by atoms with Crippen molar-refractivity contribution in [2.24, 2.45) is 0 Å². The van der Waals surface area contributed by atoms with Gasteiger partial charge in [-0.2, -0.15) is 0 Å². The van der Waals surface area contributed by atoms with Crippen LogP contribution in [-0.2, 0) is 9.59 Å². The van der Waals surface area contributed by atoms with E-state index in [1.807, 2.05) is 0 Å². The van der Waals surface area contributed by atoms with E-state index in [0.717, 1.165) is 0 Å². The van der Waals surface area contributed by atoms with Gasteiger partial charge in [0, 0.05) is 23.4 Å². The first kappa shape index (κ1) is 15.9. The lowest BCUT2D eigenvalue weighted by molar-refractivity contribution is -0.386. The van der Waals surface area contributed by atoms with Crippen molar-refractivity contribution >= 4 is 33.6 Å². The number of ether oxygens (including phenoxy) is 1. The number of hydrogen-bond donors (Lipinski definition) is 2. The van der Waals surface area contributed by atoms with Gasteiger partial charge in [0.25, 0.3) is 0 Å². The van der Waals surface area contributed by atoms with Crippen molar-refractivity contribution in [1.29, 1.82) is 0 Å². The Hall–Kier alpha value is -2.16. The van der Waals surface area contributed by atoms with Crippen molar-refractivity contribution in [1.82, 2.24) is 0 Å². The lowest BCUT2D eigenvalue weighted by Crippen LogP contribution is -2.28. The lowest BCUT2D eigenvalue weighted by atomic mass is 10.2. The van der Waals surface area contributed by atoms with Crippen LogP contribution in [0.1, 0.15) is 12.8 Å². The molecular formula is C11H10BrNO7. The van der Waals surface area contributed by atoms with Crippen molar-refractivity contribution in [2.75, 3.05) is 0 Å². The molecule has 9 heteroatoms. The minimum atomic E-state index is -1.47. The molecule has 0 aliphatic heterocycles. The lowest BCUT2D eigenvalue weighted by Gasteiger charge is -2.14. The van der Waals surface area contributed by atoms with E-state index in [1.54, 1.807) is 0 Å². The van der Waals surface area contributed by atoms with Crippen LogP contribution in [0.2, 0.25) is 0 Å². The SMILES string of the molecule is O=C(O)CCC(Oc1ccc(Br)cc1[N+](=O)[O-])C(=O)O. The Bertz CT molecular complexity index is 546. The maximum absolute atomic E-state index is 11.0. The van der Waals surface area contributed by atoms with E-state index >= 15 is 0 Å². The van der Waals surface area contributed by atoms with E-state index in [-0.39, 0.29) is 12.2 Å². The van der Waals surface area contributed by atoms with Crippen LogP contribution in [-0.4, -0.2) is 33.2 Å². The average Bonchev–Trinajstić information content (AvgIpc) is 2.35. The summed E-state index contributed by atoms with van der Waals surface area (Å²) in [6.07, 6.45) is -2.18. The predicted molar refractivity (Wildman–Crippen MR) is 69.7 cm³/mol. The number of nitro benzene ring substituents is 1. The van der Waals surface area contributed by atoms with Crippen LogP contribution in [0.3, 0.4) is 0 Å². The first-order chi connectivity index (χ1) is 9.31. The molecule has 0 aliphatic carbocycles. The van der Waals surface area contributed by atoms with E-state index in [4.69, 9.17) is 14.9 Å². The molecule has 0 spiro atoms. The molecule has 0 saturated carbocycles. The van der Waals surface area contributed by atoms with E-state index in [9.17, 15) is 19.7 Å². The number of benzene rings is 1. The summed E-state index contributed by atoms with van der Waals surface area (Å²) < 4.78 is 5.49. The summed E-state index contributed by atoms with van der Waals surface area (Å²) in [5, 5.41) is 28.3. The zero-order chi connectivity index (χ0) is 15.3. The fourth-order valence-corrected chi connectivity index (χ4v) is 1.72. The first-order valence-corrected chi connectivity index (χ1v) is 6.15. The number of halogens is 1. The summed E-state index contributed by atoms with van der Waals surface area (Å²) in [6.45, 7) is 0. The monoisotopic (exact) mass is 347 g/mol. The van der Waals surface area contributed by atoms with E-state index < -0.39 is 35.1 Å². The third-order valence-electron chi connectivity index (χ3n) is 2.28. The highest BCUT2D eigenvalue weighted by molar-refractivity contribution is 9.10. The van der Waals surface area contributed by atoms with E-state index in [2.05, 4.69) is 15.9 Å². The quantitative estimate of drug-likeness (QED) is 0.570. The van der Waals surface area contributed by atoms with Crippen LogP contribution in [0.15, 0.2) is 22.7 Å². The molecule has 0 amide bonds.